The van der Waals surface area contributed by atoms with E-state index in [0.29, 0.717) is 13.1 Å². The quantitative estimate of drug-likeness (QED) is 0.516. The summed E-state index contributed by atoms with van der Waals surface area (Å²) in [4.78, 5) is 31.1. The normalized spacial score (nSPS) is 16.7. The van der Waals surface area contributed by atoms with Gasteiger partial charge in [0.2, 0.25) is 11.8 Å². The molecule has 7 heteroatoms. The number of hydrogen-bond donors (Lipinski definition) is 1. The van der Waals surface area contributed by atoms with E-state index in [9.17, 15) is 9.59 Å². The zero-order chi connectivity index (χ0) is 19.5. The Hall–Kier alpha value is -2.80. The van der Waals surface area contributed by atoms with E-state index >= 15 is 0 Å². The number of nitrogens with one attached hydrogen (secondary N) is 1. The first-order chi connectivity index (χ1) is 13.6. The van der Waals surface area contributed by atoms with Crippen molar-refractivity contribution in [3.05, 3.63) is 54.9 Å². The number of imidazole rings is 1. The molecule has 1 aromatic heterocycles. The molecular weight excluding hydrogens is 372 g/mol. The molecule has 0 radical (unpaired) electrons. The number of rotatable bonds is 6. The molecule has 1 aliphatic rings. The number of nitrogens with zero attached hydrogens (tertiary/aromatic N) is 3. The maximum Gasteiger partial charge on any atom is 0.227 e. The highest BCUT2D eigenvalue weighted by Crippen LogP contribution is 2.31. The van der Waals surface area contributed by atoms with Crippen LogP contribution in [0.15, 0.2) is 60.0 Å². The van der Waals surface area contributed by atoms with Gasteiger partial charge in [0, 0.05) is 50.1 Å². The van der Waals surface area contributed by atoms with Crippen LogP contribution in [-0.4, -0.2) is 40.2 Å². The third-order valence-corrected chi connectivity index (χ3v) is 6.02. The van der Waals surface area contributed by atoms with Crippen molar-refractivity contribution in [2.45, 2.75) is 11.6 Å². The van der Waals surface area contributed by atoms with Gasteiger partial charge in [-0.2, -0.15) is 0 Å². The number of benzene rings is 2. The fraction of sp³-hybridized carbons (Fsp3) is 0.286. The molecule has 1 aliphatic heterocycles. The van der Waals surface area contributed by atoms with Crippen LogP contribution in [0.25, 0.3) is 10.8 Å². The topological polar surface area (TPSA) is 67.2 Å². The fourth-order valence-electron chi connectivity index (χ4n) is 3.51. The number of anilines is 1. The van der Waals surface area contributed by atoms with Crippen LogP contribution in [0.3, 0.4) is 0 Å². The Kier molecular flexibility index (Phi) is 5.34. The van der Waals surface area contributed by atoms with Crippen molar-refractivity contribution in [3.8, 4) is 0 Å². The van der Waals surface area contributed by atoms with Crippen LogP contribution in [-0.2, 0) is 16.6 Å². The molecule has 0 saturated carbocycles. The molecule has 144 valence electrons. The number of aromatic nitrogens is 2. The van der Waals surface area contributed by atoms with Crippen LogP contribution in [0.1, 0.15) is 6.42 Å². The van der Waals surface area contributed by atoms with Gasteiger partial charge >= 0.3 is 0 Å². The van der Waals surface area contributed by atoms with Crippen LogP contribution in [0.5, 0.6) is 0 Å². The predicted octanol–water partition coefficient (Wildman–Crippen LogP) is 2.83. The van der Waals surface area contributed by atoms with Gasteiger partial charge in [0.05, 0.1) is 11.6 Å². The number of carbonyl (C=O) groups is 2. The minimum absolute atomic E-state index is 0.00103. The van der Waals surface area contributed by atoms with E-state index in [1.807, 2.05) is 60.3 Å². The Morgan fingerprint density at radius 3 is 2.89 bits per heavy atom. The van der Waals surface area contributed by atoms with Crippen molar-refractivity contribution >= 4 is 40.0 Å². The van der Waals surface area contributed by atoms with E-state index < -0.39 is 0 Å². The molecule has 1 atom stereocenters. The summed E-state index contributed by atoms with van der Waals surface area (Å²) in [5, 5.41) is 6.01. The van der Waals surface area contributed by atoms with Gasteiger partial charge in [0.25, 0.3) is 0 Å². The minimum atomic E-state index is -0.315. The number of hydrogen-bond acceptors (Lipinski definition) is 4. The van der Waals surface area contributed by atoms with E-state index in [1.54, 1.807) is 22.9 Å². The number of thioether (sulfide) groups is 1. The average Bonchev–Trinajstić information content (AvgIpc) is 3.30. The molecule has 2 aromatic carbocycles. The lowest BCUT2D eigenvalue weighted by molar-refractivity contribution is -0.126. The molecule has 28 heavy (non-hydrogen) atoms. The van der Waals surface area contributed by atoms with Crippen molar-refractivity contribution in [2.24, 2.45) is 13.0 Å². The summed E-state index contributed by atoms with van der Waals surface area (Å²) in [6, 6.07) is 13.9. The van der Waals surface area contributed by atoms with E-state index in [1.165, 1.54) is 0 Å². The monoisotopic (exact) mass is 394 g/mol. The maximum atomic E-state index is 12.6. The maximum absolute atomic E-state index is 12.6. The van der Waals surface area contributed by atoms with Gasteiger partial charge in [-0.3, -0.25) is 9.59 Å². The molecule has 1 saturated heterocycles. The zero-order valence-electron chi connectivity index (χ0n) is 15.7. The van der Waals surface area contributed by atoms with Crippen LogP contribution in [0.4, 0.5) is 5.69 Å². The van der Waals surface area contributed by atoms with Gasteiger partial charge < -0.3 is 14.8 Å². The second kappa shape index (κ2) is 8.06. The van der Waals surface area contributed by atoms with E-state index in [2.05, 4.69) is 10.3 Å². The Morgan fingerprint density at radius 2 is 2.07 bits per heavy atom. The lowest BCUT2D eigenvalue weighted by Gasteiger charge is -2.19. The third kappa shape index (κ3) is 3.75. The zero-order valence-corrected chi connectivity index (χ0v) is 16.5. The molecule has 2 heterocycles. The Morgan fingerprint density at radius 1 is 1.25 bits per heavy atom. The molecule has 4 rings (SSSR count). The molecule has 0 aliphatic carbocycles. The van der Waals surface area contributed by atoms with Gasteiger partial charge in [0.15, 0.2) is 5.16 Å². The largest absolute Gasteiger partial charge is 0.355 e. The number of carbonyl (C=O) groups excluding carboxylic acids is 2. The summed E-state index contributed by atoms with van der Waals surface area (Å²) in [5.41, 5.74) is 0.878. The van der Waals surface area contributed by atoms with E-state index in [0.717, 1.165) is 27.4 Å². The lowest BCUT2D eigenvalue weighted by atomic mass is 10.1. The van der Waals surface area contributed by atoms with Crippen molar-refractivity contribution in [1.82, 2.24) is 14.9 Å². The highest BCUT2D eigenvalue weighted by Gasteiger charge is 2.35. The smallest absolute Gasteiger partial charge is 0.227 e. The van der Waals surface area contributed by atoms with Crippen LogP contribution in [0, 0.1) is 5.92 Å². The third-order valence-electron chi connectivity index (χ3n) is 4.96. The summed E-state index contributed by atoms with van der Waals surface area (Å²) in [5.74, 6) is 0.365. The van der Waals surface area contributed by atoms with Crippen LogP contribution >= 0.6 is 11.8 Å². The van der Waals surface area contributed by atoms with Crippen LogP contribution in [0.2, 0.25) is 0 Å². The number of amides is 2. The first kappa shape index (κ1) is 18.6. The molecule has 0 spiro atoms. The van der Waals surface area contributed by atoms with Gasteiger partial charge in [-0.1, -0.05) is 48.2 Å². The number of fused-ring (bicyclic) bond motifs is 1. The minimum Gasteiger partial charge on any atom is -0.355 e. The first-order valence-electron chi connectivity index (χ1n) is 9.29. The van der Waals surface area contributed by atoms with Gasteiger partial charge in [-0.25, -0.2) is 4.98 Å². The summed E-state index contributed by atoms with van der Waals surface area (Å²) < 4.78 is 1.95. The molecule has 1 N–H and O–H groups in total. The SMILES string of the molecule is Cn1ccnc1SCCNC(=O)[C@H]1CC(=O)N(c2cccc3ccccc23)C1. The Labute approximate surface area is 167 Å². The van der Waals surface area contributed by atoms with Gasteiger partial charge in [-0.15, -0.1) is 0 Å². The lowest BCUT2D eigenvalue weighted by Crippen LogP contribution is -2.34. The second-order valence-corrected chi connectivity index (χ2v) is 7.93. The fourth-order valence-corrected chi connectivity index (χ4v) is 4.30. The molecule has 6 nitrogen and oxygen atoms in total. The summed E-state index contributed by atoms with van der Waals surface area (Å²) >= 11 is 1.60. The number of aryl methyl sites for hydroxylation is 1. The average molecular weight is 395 g/mol. The van der Waals surface area contributed by atoms with E-state index in [-0.39, 0.29) is 24.2 Å². The summed E-state index contributed by atoms with van der Waals surface area (Å²) in [7, 11) is 1.94. The molecule has 0 unspecified atom stereocenters. The first-order valence-corrected chi connectivity index (χ1v) is 10.3. The van der Waals surface area contributed by atoms with Crippen molar-refractivity contribution in [3.63, 3.8) is 0 Å². The molecular formula is C21H22N4O2S. The van der Waals surface area contributed by atoms with Crippen molar-refractivity contribution in [2.75, 3.05) is 23.7 Å². The van der Waals surface area contributed by atoms with Crippen LogP contribution < -0.4 is 10.2 Å². The molecule has 1 fully saturated rings. The highest BCUT2D eigenvalue weighted by molar-refractivity contribution is 7.99. The molecule has 2 amide bonds. The van der Waals surface area contributed by atoms with Gasteiger partial charge in [-0.05, 0) is 11.5 Å². The van der Waals surface area contributed by atoms with Crippen molar-refractivity contribution < 1.29 is 9.59 Å². The second-order valence-electron chi connectivity index (χ2n) is 6.86. The Bertz CT molecular complexity index is 1010. The van der Waals surface area contributed by atoms with E-state index in [4.69, 9.17) is 0 Å². The Balaban J connectivity index is 1.36. The molecule has 0 bridgehead atoms. The van der Waals surface area contributed by atoms with Gasteiger partial charge in [0.1, 0.15) is 0 Å². The summed E-state index contributed by atoms with van der Waals surface area (Å²) in [6.45, 7) is 0.973. The van der Waals surface area contributed by atoms with Crippen molar-refractivity contribution in [1.29, 1.82) is 0 Å². The highest BCUT2D eigenvalue weighted by atomic mass is 32.2. The standard InChI is InChI=1S/C21H22N4O2S/c1-24-11-9-23-21(24)28-12-10-22-20(27)16-13-19(26)25(14-16)18-8-4-6-15-5-2-3-7-17(15)18/h2-9,11,16H,10,12-14H2,1H3,(H,22,27)/t16-/m0/s1. The predicted molar refractivity (Wildman–Crippen MR) is 111 cm³/mol. The summed E-state index contributed by atoms with van der Waals surface area (Å²) in [6.07, 6.45) is 3.90. The molecule has 3 aromatic rings.